The van der Waals surface area contributed by atoms with Gasteiger partial charge in [-0.05, 0) is 25.5 Å². The van der Waals surface area contributed by atoms with Crippen molar-refractivity contribution >= 4 is 44.6 Å². The lowest BCUT2D eigenvalue weighted by Crippen LogP contribution is -2.45. The maximum atomic E-state index is 12.1. The summed E-state index contributed by atoms with van der Waals surface area (Å²) >= 11 is 12.6. The summed E-state index contributed by atoms with van der Waals surface area (Å²) in [6, 6.07) is 1.30. The molecular weight excluding hydrogens is 303 g/mol. The molecule has 0 aliphatic carbocycles. The zero-order valence-electron chi connectivity index (χ0n) is 8.87. The van der Waals surface area contributed by atoms with E-state index in [9.17, 15) is 8.42 Å². The van der Waals surface area contributed by atoms with E-state index >= 15 is 0 Å². The van der Waals surface area contributed by atoms with Crippen LogP contribution in [-0.4, -0.2) is 27.5 Å². The highest BCUT2D eigenvalue weighted by atomic mass is 35.5. The van der Waals surface area contributed by atoms with Crippen LogP contribution in [0.2, 0.25) is 8.67 Å². The maximum absolute atomic E-state index is 12.1. The minimum atomic E-state index is -3.57. The first-order valence-electron chi connectivity index (χ1n) is 5.17. The minimum Gasteiger partial charge on any atom is -0.315 e. The third-order valence-corrected chi connectivity index (χ3v) is 5.81. The van der Waals surface area contributed by atoms with E-state index in [0.717, 1.165) is 30.7 Å². The number of piperidine rings is 1. The molecule has 1 aliphatic rings. The molecule has 0 bridgehead atoms. The maximum Gasteiger partial charge on any atom is 0.243 e. The second kappa shape index (κ2) is 5.42. The van der Waals surface area contributed by atoms with Crippen LogP contribution in [0.4, 0.5) is 0 Å². The molecule has 1 aromatic heterocycles. The molecule has 2 heterocycles. The first-order chi connectivity index (χ1) is 7.99. The number of halogens is 2. The van der Waals surface area contributed by atoms with Gasteiger partial charge in [-0.1, -0.05) is 23.2 Å². The summed E-state index contributed by atoms with van der Waals surface area (Å²) in [7, 11) is -3.57. The van der Waals surface area contributed by atoms with Crippen LogP contribution in [0.15, 0.2) is 11.0 Å². The van der Waals surface area contributed by atoms with Gasteiger partial charge in [-0.25, -0.2) is 13.1 Å². The fourth-order valence-corrected chi connectivity index (χ4v) is 5.16. The molecule has 0 saturated carbocycles. The van der Waals surface area contributed by atoms with Crippen molar-refractivity contribution in [2.24, 2.45) is 0 Å². The molecule has 2 rings (SSSR count). The van der Waals surface area contributed by atoms with E-state index in [1.807, 2.05) is 0 Å². The largest absolute Gasteiger partial charge is 0.315 e. The molecule has 1 aliphatic heterocycles. The molecule has 1 unspecified atom stereocenters. The standard InChI is InChI=1S/C9H12Cl2N2O2S2/c10-8-4-7(9(11)16-8)17(14,15)13-6-2-1-3-12-5-6/h4,6,12-13H,1-3,5H2. The highest BCUT2D eigenvalue weighted by molar-refractivity contribution is 7.89. The molecule has 96 valence electrons. The van der Waals surface area contributed by atoms with Crippen molar-refractivity contribution < 1.29 is 8.42 Å². The smallest absolute Gasteiger partial charge is 0.243 e. The first kappa shape index (κ1) is 13.6. The molecule has 0 radical (unpaired) electrons. The zero-order valence-corrected chi connectivity index (χ0v) is 12.0. The third kappa shape index (κ3) is 3.33. The fourth-order valence-electron chi connectivity index (χ4n) is 1.74. The van der Waals surface area contributed by atoms with Crippen LogP contribution in [-0.2, 0) is 10.0 Å². The van der Waals surface area contributed by atoms with Gasteiger partial charge in [0.05, 0.1) is 4.34 Å². The lowest BCUT2D eigenvalue weighted by Gasteiger charge is -2.23. The van der Waals surface area contributed by atoms with E-state index in [-0.39, 0.29) is 15.3 Å². The highest BCUT2D eigenvalue weighted by Crippen LogP contribution is 2.34. The van der Waals surface area contributed by atoms with Gasteiger partial charge in [0.25, 0.3) is 0 Å². The molecule has 0 aromatic carbocycles. The molecule has 4 nitrogen and oxygen atoms in total. The molecule has 0 spiro atoms. The molecule has 1 fully saturated rings. The van der Waals surface area contributed by atoms with E-state index in [1.165, 1.54) is 6.07 Å². The summed E-state index contributed by atoms with van der Waals surface area (Å²) in [4.78, 5) is 0.0692. The summed E-state index contributed by atoms with van der Waals surface area (Å²) in [6.07, 6.45) is 1.80. The second-order valence-electron chi connectivity index (χ2n) is 3.85. The summed E-state index contributed by atoms with van der Waals surface area (Å²) in [5.41, 5.74) is 0. The van der Waals surface area contributed by atoms with Gasteiger partial charge >= 0.3 is 0 Å². The second-order valence-corrected chi connectivity index (χ2v) is 7.82. The van der Waals surface area contributed by atoms with E-state index < -0.39 is 10.0 Å². The number of rotatable bonds is 3. The Kier molecular flexibility index (Phi) is 4.33. The minimum absolute atomic E-state index is 0.0692. The van der Waals surface area contributed by atoms with Gasteiger partial charge in [-0.2, -0.15) is 0 Å². The zero-order chi connectivity index (χ0) is 12.5. The highest BCUT2D eigenvalue weighted by Gasteiger charge is 2.25. The number of hydrogen-bond donors (Lipinski definition) is 2. The first-order valence-corrected chi connectivity index (χ1v) is 8.22. The summed E-state index contributed by atoms with van der Waals surface area (Å²) < 4.78 is 27.3. The number of thiophene rings is 1. The van der Waals surface area contributed by atoms with Crippen molar-refractivity contribution in [2.75, 3.05) is 13.1 Å². The van der Waals surface area contributed by atoms with Crippen LogP contribution in [0.5, 0.6) is 0 Å². The Morgan fingerprint density at radius 1 is 1.47 bits per heavy atom. The van der Waals surface area contributed by atoms with Gasteiger partial charge in [-0.3, -0.25) is 0 Å². The molecule has 8 heteroatoms. The average Bonchev–Trinajstić information content (AvgIpc) is 2.59. The quantitative estimate of drug-likeness (QED) is 0.898. The van der Waals surface area contributed by atoms with E-state index in [1.54, 1.807) is 0 Å². The van der Waals surface area contributed by atoms with Gasteiger partial charge < -0.3 is 5.32 Å². The Balaban J connectivity index is 2.15. The van der Waals surface area contributed by atoms with Crippen molar-refractivity contribution in [1.29, 1.82) is 0 Å². The van der Waals surface area contributed by atoms with Gasteiger partial charge in [0, 0.05) is 12.6 Å². The summed E-state index contributed by atoms with van der Waals surface area (Å²) in [6.45, 7) is 1.58. The predicted molar refractivity (Wildman–Crippen MR) is 70.6 cm³/mol. The van der Waals surface area contributed by atoms with Gasteiger partial charge in [0.1, 0.15) is 9.23 Å². The fraction of sp³-hybridized carbons (Fsp3) is 0.556. The van der Waals surface area contributed by atoms with Crippen LogP contribution >= 0.6 is 34.5 Å². The number of nitrogens with one attached hydrogen (secondary N) is 2. The molecule has 17 heavy (non-hydrogen) atoms. The Morgan fingerprint density at radius 2 is 2.24 bits per heavy atom. The van der Waals surface area contributed by atoms with Crippen LogP contribution in [0, 0.1) is 0 Å². The molecule has 0 amide bonds. The Labute approximate surface area is 114 Å². The molecule has 1 atom stereocenters. The van der Waals surface area contributed by atoms with Crippen molar-refractivity contribution in [3.05, 3.63) is 14.7 Å². The SMILES string of the molecule is O=S(=O)(NC1CCCNC1)c1cc(Cl)sc1Cl. The Bertz CT molecular complexity index is 495. The molecule has 2 N–H and O–H groups in total. The lowest BCUT2D eigenvalue weighted by molar-refractivity contribution is 0.429. The number of sulfonamides is 1. The van der Waals surface area contributed by atoms with Crippen molar-refractivity contribution in [2.45, 2.75) is 23.8 Å². The molecule has 1 saturated heterocycles. The summed E-state index contributed by atoms with van der Waals surface area (Å²) in [5.74, 6) is 0. The lowest BCUT2D eigenvalue weighted by atomic mass is 10.1. The molecule has 1 aromatic rings. The van der Waals surface area contributed by atoms with Crippen LogP contribution in [0.25, 0.3) is 0 Å². The van der Waals surface area contributed by atoms with Gasteiger partial charge in [0.15, 0.2) is 0 Å². The van der Waals surface area contributed by atoms with Crippen molar-refractivity contribution in [3.63, 3.8) is 0 Å². The monoisotopic (exact) mass is 314 g/mol. The summed E-state index contributed by atoms with van der Waals surface area (Å²) in [5, 5.41) is 3.15. The Hall–Kier alpha value is 0.150. The van der Waals surface area contributed by atoms with Gasteiger partial charge in [0.2, 0.25) is 10.0 Å². The third-order valence-electron chi connectivity index (χ3n) is 2.53. The van der Waals surface area contributed by atoms with Crippen molar-refractivity contribution in [1.82, 2.24) is 10.0 Å². The van der Waals surface area contributed by atoms with Crippen molar-refractivity contribution in [3.8, 4) is 0 Å². The average molecular weight is 315 g/mol. The van der Waals surface area contributed by atoms with Gasteiger partial charge in [-0.15, -0.1) is 11.3 Å². The van der Waals surface area contributed by atoms with Crippen LogP contribution in [0.3, 0.4) is 0 Å². The molecular formula is C9H12Cl2N2O2S2. The number of hydrogen-bond acceptors (Lipinski definition) is 4. The normalized spacial score (nSPS) is 21.6. The van der Waals surface area contributed by atoms with Crippen LogP contribution < -0.4 is 10.0 Å². The topological polar surface area (TPSA) is 58.2 Å². The predicted octanol–water partition coefficient (Wildman–Crippen LogP) is 2.09. The Morgan fingerprint density at radius 3 is 2.76 bits per heavy atom. The van der Waals surface area contributed by atoms with E-state index in [2.05, 4.69) is 10.0 Å². The van der Waals surface area contributed by atoms with E-state index in [0.29, 0.717) is 10.9 Å². The van der Waals surface area contributed by atoms with E-state index in [4.69, 9.17) is 23.2 Å². The van der Waals surface area contributed by atoms with Crippen LogP contribution in [0.1, 0.15) is 12.8 Å².